The second-order valence-electron chi connectivity index (χ2n) is 4.95. The van der Waals surface area contributed by atoms with Crippen LogP contribution in [0.3, 0.4) is 0 Å². The molecular weight excluding hydrogens is 172 g/mol. The molecule has 0 amide bonds. The minimum atomic E-state index is 0.315. The number of nitrogens with zero attached hydrogens (tertiary/aromatic N) is 2. The highest BCUT2D eigenvalue weighted by atomic mass is 15.1. The van der Waals surface area contributed by atoms with Gasteiger partial charge in [-0.1, -0.05) is 19.9 Å². The number of hydrogen-bond donors (Lipinski definition) is 0. The van der Waals surface area contributed by atoms with Gasteiger partial charge in [0.25, 0.3) is 0 Å². The van der Waals surface area contributed by atoms with Crippen molar-refractivity contribution in [2.24, 2.45) is 5.41 Å². The Kier molecular flexibility index (Phi) is 3.64. The van der Waals surface area contributed by atoms with Crippen molar-refractivity contribution in [3.8, 4) is 0 Å². The molecule has 1 aromatic rings. The number of hydrogen-bond acceptors (Lipinski definition) is 1. The van der Waals surface area contributed by atoms with Crippen molar-refractivity contribution in [2.45, 2.75) is 20.4 Å². The Morgan fingerprint density at radius 1 is 1.07 bits per heavy atom. The van der Waals surface area contributed by atoms with Gasteiger partial charge in [-0.05, 0) is 14.1 Å². The predicted octanol–water partition coefficient (Wildman–Crippen LogP) is 1.56. The van der Waals surface area contributed by atoms with E-state index in [1.165, 1.54) is 0 Å². The zero-order valence-corrected chi connectivity index (χ0v) is 9.70. The minimum Gasteiger partial charge on any atom is -0.309 e. The average molecular weight is 193 g/mol. The van der Waals surface area contributed by atoms with Crippen LogP contribution in [0.1, 0.15) is 13.8 Å². The highest BCUT2D eigenvalue weighted by Crippen LogP contribution is 2.15. The number of rotatable bonds is 4. The molecule has 14 heavy (non-hydrogen) atoms. The van der Waals surface area contributed by atoms with Gasteiger partial charge in [0, 0.05) is 24.1 Å². The first kappa shape index (κ1) is 11.2. The lowest BCUT2D eigenvalue weighted by Crippen LogP contribution is -2.44. The highest BCUT2D eigenvalue weighted by Gasteiger charge is 2.23. The Balaban J connectivity index is 2.59. The molecule has 0 fully saturated rings. The van der Waals surface area contributed by atoms with Crippen LogP contribution in [-0.4, -0.2) is 25.5 Å². The van der Waals surface area contributed by atoms with Crippen LogP contribution in [0, 0.1) is 5.41 Å². The lowest BCUT2D eigenvalue weighted by atomic mass is 9.93. The van der Waals surface area contributed by atoms with Crippen molar-refractivity contribution in [3.05, 3.63) is 30.6 Å². The van der Waals surface area contributed by atoms with Gasteiger partial charge >= 0.3 is 0 Å². The van der Waals surface area contributed by atoms with Gasteiger partial charge < -0.3 is 4.90 Å². The van der Waals surface area contributed by atoms with E-state index in [0.717, 1.165) is 13.1 Å². The van der Waals surface area contributed by atoms with Gasteiger partial charge in [0.05, 0.1) is 0 Å². The SMILES string of the molecule is CN(C)CC(C)(C)C[n+]1ccccc1. The lowest BCUT2D eigenvalue weighted by Gasteiger charge is -2.24. The van der Waals surface area contributed by atoms with Crippen LogP contribution in [0.2, 0.25) is 0 Å². The lowest BCUT2D eigenvalue weighted by molar-refractivity contribution is -0.708. The van der Waals surface area contributed by atoms with Crippen molar-refractivity contribution in [2.75, 3.05) is 20.6 Å². The van der Waals surface area contributed by atoms with Crippen molar-refractivity contribution in [1.29, 1.82) is 0 Å². The Morgan fingerprint density at radius 2 is 1.64 bits per heavy atom. The third-order valence-corrected chi connectivity index (χ3v) is 2.13. The highest BCUT2D eigenvalue weighted by molar-refractivity contribution is 4.84. The third-order valence-electron chi connectivity index (χ3n) is 2.13. The van der Waals surface area contributed by atoms with Gasteiger partial charge in [-0.3, -0.25) is 0 Å². The summed E-state index contributed by atoms with van der Waals surface area (Å²) in [6, 6.07) is 6.20. The maximum atomic E-state index is 2.30. The van der Waals surface area contributed by atoms with Crippen LogP contribution in [0.15, 0.2) is 30.6 Å². The molecule has 0 spiro atoms. The molecule has 0 radical (unpaired) electrons. The van der Waals surface area contributed by atoms with Crippen molar-refractivity contribution >= 4 is 0 Å². The first-order valence-electron chi connectivity index (χ1n) is 5.08. The summed E-state index contributed by atoms with van der Waals surface area (Å²) in [7, 11) is 4.24. The largest absolute Gasteiger partial charge is 0.309 e. The molecule has 0 atom stereocenters. The summed E-state index contributed by atoms with van der Waals surface area (Å²) in [4.78, 5) is 2.24. The molecule has 0 aromatic carbocycles. The Morgan fingerprint density at radius 3 is 2.14 bits per heavy atom. The normalized spacial score (nSPS) is 12.1. The molecule has 2 nitrogen and oxygen atoms in total. The van der Waals surface area contributed by atoms with E-state index in [0.29, 0.717) is 5.41 Å². The number of pyridine rings is 1. The first-order chi connectivity index (χ1) is 6.49. The van der Waals surface area contributed by atoms with E-state index in [4.69, 9.17) is 0 Å². The molecule has 1 aromatic heterocycles. The molecule has 78 valence electrons. The van der Waals surface area contributed by atoms with E-state index in [-0.39, 0.29) is 0 Å². The van der Waals surface area contributed by atoms with Crippen LogP contribution in [0.4, 0.5) is 0 Å². The zero-order chi connectivity index (χ0) is 10.6. The third kappa shape index (κ3) is 3.88. The van der Waals surface area contributed by atoms with Crippen LogP contribution in [0.25, 0.3) is 0 Å². The van der Waals surface area contributed by atoms with Crippen molar-refractivity contribution in [3.63, 3.8) is 0 Å². The van der Waals surface area contributed by atoms with E-state index in [1.807, 2.05) is 0 Å². The molecule has 0 unspecified atom stereocenters. The second-order valence-corrected chi connectivity index (χ2v) is 4.95. The first-order valence-corrected chi connectivity index (χ1v) is 5.08. The summed E-state index contributed by atoms with van der Waals surface area (Å²) in [5, 5.41) is 0. The predicted molar refractivity (Wildman–Crippen MR) is 59.0 cm³/mol. The van der Waals surface area contributed by atoms with Gasteiger partial charge in [0.1, 0.15) is 0 Å². The van der Waals surface area contributed by atoms with E-state index in [2.05, 4.69) is 68.0 Å². The molecular formula is C12H21N2+. The standard InChI is InChI=1S/C12H21N2/c1-12(2,10-13(3)4)11-14-8-6-5-7-9-14/h5-9H,10-11H2,1-4H3/q+1. The van der Waals surface area contributed by atoms with Gasteiger partial charge in [0.2, 0.25) is 0 Å². The maximum Gasteiger partial charge on any atom is 0.168 e. The summed E-state index contributed by atoms with van der Waals surface area (Å²) in [5.41, 5.74) is 0.315. The quantitative estimate of drug-likeness (QED) is 0.658. The van der Waals surface area contributed by atoms with Crippen molar-refractivity contribution < 1.29 is 4.57 Å². The molecule has 0 aliphatic heterocycles. The summed E-state index contributed by atoms with van der Waals surface area (Å²) < 4.78 is 2.24. The Bertz CT molecular complexity index is 265. The molecule has 1 heterocycles. The molecule has 0 bridgehead atoms. The topological polar surface area (TPSA) is 7.12 Å². The van der Waals surface area contributed by atoms with Crippen LogP contribution < -0.4 is 4.57 Å². The van der Waals surface area contributed by atoms with Crippen molar-refractivity contribution in [1.82, 2.24) is 4.90 Å². The fourth-order valence-electron chi connectivity index (χ4n) is 1.94. The zero-order valence-electron chi connectivity index (χ0n) is 9.70. The maximum absolute atomic E-state index is 2.30. The second kappa shape index (κ2) is 4.56. The summed E-state index contributed by atoms with van der Waals surface area (Å²) in [6.45, 7) is 6.76. The molecule has 2 heteroatoms. The molecule has 0 saturated carbocycles. The van der Waals surface area contributed by atoms with Crippen LogP contribution in [-0.2, 0) is 6.54 Å². The molecule has 0 aliphatic carbocycles. The Labute approximate surface area is 87.2 Å². The minimum absolute atomic E-state index is 0.315. The fourth-order valence-corrected chi connectivity index (χ4v) is 1.94. The molecule has 0 aliphatic rings. The van der Waals surface area contributed by atoms with Crippen LogP contribution in [0.5, 0.6) is 0 Å². The molecule has 1 rings (SSSR count). The summed E-state index contributed by atoms with van der Waals surface area (Å²) >= 11 is 0. The van der Waals surface area contributed by atoms with Gasteiger partial charge in [-0.25, -0.2) is 4.57 Å². The van der Waals surface area contributed by atoms with Crippen LogP contribution >= 0.6 is 0 Å². The van der Waals surface area contributed by atoms with Gasteiger partial charge in [0.15, 0.2) is 18.9 Å². The summed E-state index contributed by atoms with van der Waals surface area (Å²) in [6.07, 6.45) is 4.24. The van der Waals surface area contributed by atoms with Gasteiger partial charge in [-0.2, -0.15) is 0 Å². The summed E-state index contributed by atoms with van der Waals surface area (Å²) in [5.74, 6) is 0. The van der Waals surface area contributed by atoms with E-state index >= 15 is 0 Å². The monoisotopic (exact) mass is 193 g/mol. The molecule has 0 N–H and O–H groups in total. The Hall–Kier alpha value is -0.890. The van der Waals surface area contributed by atoms with Gasteiger partial charge in [-0.15, -0.1) is 0 Å². The smallest absolute Gasteiger partial charge is 0.168 e. The number of aromatic nitrogens is 1. The average Bonchev–Trinajstić information content (AvgIpc) is 2.02. The molecule has 0 saturated heterocycles. The fraction of sp³-hybridized carbons (Fsp3) is 0.583. The van der Waals surface area contributed by atoms with E-state index in [9.17, 15) is 0 Å². The van der Waals surface area contributed by atoms with E-state index in [1.54, 1.807) is 0 Å². The van der Waals surface area contributed by atoms with E-state index < -0.39 is 0 Å².